The summed E-state index contributed by atoms with van der Waals surface area (Å²) in [5.74, 6) is -0.951. The van der Waals surface area contributed by atoms with Gasteiger partial charge in [0.2, 0.25) is 5.91 Å². The second-order valence-corrected chi connectivity index (χ2v) is 4.89. The van der Waals surface area contributed by atoms with Crippen molar-refractivity contribution in [3.8, 4) is 0 Å². The van der Waals surface area contributed by atoms with Crippen LogP contribution in [0.1, 0.15) is 27.2 Å². The van der Waals surface area contributed by atoms with Gasteiger partial charge in [-0.25, -0.2) is 4.79 Å². The molecular formula is C16H25NO4. The molecule has 1 N–H and O–H groups in total. The average molecular weight is 295 g/mol. The van der Waals surface area contributed by atoms with Gasteiger partial charge in [-0.15, -0.1) is 0 Å². The lowest BCUT2D eigenvalue weighted by Gasteiger charge is -2.14. The van der Waals surface area contributed by atoms with E-state index >= 15 is 0 Å². The Bertz CT molecular complexity index is 449. The van der Waals surface area contributed by atoms with Crippen molar-refractivity contribution in [3.63, 3.8) is 0 Å². The largest absolute Gasteiger partial charge is 0.478 e. The van der Waals surface area contributed by atoms with Crippen LogP contribution in [0.15, 0.2) is 35.5 Å². The second kappa shape index (κ2) is 9.94. The van der Waals surface area contributed by atoms with Gasteiger partial charge in [0.15, 0.2) is 0 Å². The van der Waals surface area contributed by atoms with E-state index in [4.69, 9.17) is 4.74 Å². The molecule has 0 aromatic carbocycles. The van der Waals surface area contributed by atoms with E-state index in [0.29, 0.717) is 30.7 Å². The van der Waals surface area contributed by atoms with E-state index in [1.54, 1.807) is 37.9 Å². The fourth-order valence-electron chi connectivity index (χ4n) is 1.81. The summed E-state index contributed by atoms with van der Waals surface area (Å²) in [6, 6.07) is 0. The summed E-state index contributed by atoms with van der Waals surface area (Å²) >= 11 is 0. The minimum Gasteiger partial charge on any atom is -0.478 e. The minimum absolute atomic E-state index is 0.0180. The molecule has 0 atom stereocenters. The molecule has 0 spiro atoms. The number of hydrogen-bond acceptors (Lipinski definition) is 3. The maximum atomic E-state index is 11.3. The molecular weight excluding hydrogens is 270 g/mol. The SMILES string of the molecule is C=C/C=C(C)\C(C(=O)O)=C(/C)COCCCN(C)C(C)=O. The van der Waals surface area contributed by atoms with Crippen LogP contribution >= 0.6 is 0 Å². The van der Waals surface area contributed by atoms with Crippen LogP contribution in [0, 0.1) is 0 Å². The summed E-state index contributed by atoms with van der Waals surface area (Å²) < 4.78 is 5.47. The van der Waals surface area contributed by atoms with Gasteiger partial charge < -0.3 is 14.7 Å². The molecule has 21 heavy (non-hydrogen) atoms. The summed E-state index contributed by atoms with van der Waals surface area (Å²) in [6.07, 6.45) is 3.94. The maximum absolute atomic E-state index is 11.3. The lowest BCUT2D eigenvalue weighted by molar-refractivity contribution is -0.132. The van der Waals surface area contributed by atoms with Gasteiger partial charge in [-0.1, -0.05) is 18.7 Å². The van der Waals surface area contributed by atoms with Gasteiger partial charge in [0, 0.05) is 27.1 Å². The lowest BCUT2D eigenvalue weighted by atomic mass is 10.0. The van der Waals surface area contributed by atoms with E-state index in [2.05, 4.69) is 6.58 Å². The predicted octanol–water partition coefficient (Wildman–Crippen LogP) is 2.40. The molecule has 0 aliphatic rings. The fraction of sp³-hybridized carbons (Fsp3) is 0.500. The highest BCUT2D eigenvalue weighted by atomic mass is 16.5. The standard InChI is InChI=1S/C16H25NO4/c1-6-8-12(2)15(16(19)20)13(3)11-21-10-7-9-17(5)14(4)18/h6,8H,1,7,9-11H2,2-5H3,(H,19,20)/b12-8-,15-13-. The molecule has 5 heteroatoms. The predicted molar refractivity (Wildman–Crippen MR) is 83.0 cm³/mol. The monoisotopic (exact) mass is 295 g/mol. The van der Waals surface area contributed by atoms with Gasteiger partial charge in [0.25, 0.3) is 0 Å². The van der Waals surface area contributed by atoms with Crippen molar-refractivity contribution in [3.05, 3.63) is 35.5 Å². The molecule has 0 aromatic rings. The van der Waals surface area contributed by atoms with Crippen LogP contribution in [-0.4, -0.2) is 48.7 Å². The second-order valence-electron chi connectivity index (χ2n) is 4.89. The molecule has 0 bridgehead atoms. The van der Waals surface area contributed by atoms with Crippen LogP contribution in [0.5, 0.6) is 0 Å². The third kappa shape index (κ3) is 7.46. The van der Waals surface area contributed by atoms with E-state index in [1.165, 1.54) is 6.92 Å². The first-order valence-corrected chi connectivity index (χ1v) is 6.83. The molecule has 1 amide bonds. The molecule has 0 aliphatic heterocycles. The maximum Gasteiger partial charge on any atom is 0.335 e. The Balaban J connectivity index is 4.44. The van der Waals surface area contributed by atoms with E-state index < -0.39 is 5.97 Å². The summed E-state index contributed by atoms with van der Waals surface area (Å²) in [5.41, 5.74) is 1.57. The zero-order chi connectivity index (χ0) is 16.4. The normalized spacial score (nSPS) is 12.7. The Morgan fingerprint density at radius 1 is 1.29 bits per heavy atom. The van der Waals surface area contributed by atoms with Crippen molar-refractivity contribution in [2.75, 3.05) is 26.8 Å². The smallest absolute Gasteiger partial charge is 0.335 e. The van der Waals surface area contributed by atoms with Crippen LogP contribution in [-0.2, 0) is 14.3 Å². The van der Waals surface area contributed by atoms with E-state index in [0.717, 1.165) is 0 Å². The average Bonchev–Trinajstić information content (AvgIpc) is 2.37. The quantitative estimate of drug-likeness (QED) is 0.403. The van der Waals surface area contributed by atoms with E-state index in [-0.39, 0.29) is 18.1 Å². The number of aliphatic carboxylic acids is 1. The molecule has 0 fully saturated rings. The van der Waals surface area contributed by atoms with Gasteiger partial charge in [0.05, 0.1) is 12.2 Å². The molecule has 0 saturated carbocycles. The molecule has 0 unspecified atom stereocenters. The van der Waals surface area contributed by atoms with Crippen LogP contribution in [0.25, 0.3) is 0 Å². The van der Waals surface area contributed by atoms with E-state index in [9.17, 15) is 14.7 Å². The van der Waals surface area contributed by atoms with E-state index in [1.807, 2.05) is 0 Å². The summed E-state index contributed by atoms with van der Waals surface area (Å²) in [6.45, 7) is 9.91. The van der Waals surface area contributed by atoms with Crippen molar-refractivity contribution in [1.29, 1.82) is 0 Å². The first kappa shape index (κ1) is 19.1. The molecule has 0 aliphatic carbocycles. The number of carbonyl (C=O) groups is 2. The highest BCUT2D eigenvalue weighted by molar-refractivity contribution is 5.92. The zero-order valence-corrected chi connectivity index (χ0v) is 13.3. The molecule has 0 rings (SSSR count). The number of hydrogen-bond donors (Lipinski definition) is 1. The number of nitrogens with zero attached hydrogens (tertiary/aromatic N) is 1. The van der Waals surface area contributed by atoms with Crippen LogP contribution < -0.4 is 0 Å². The Labute approximate surface area is 126 Å². The summed E-state index contributed by atoms with van der Waals surface area (Å²) in [5, 5.41) is 9.24. The van der Waals surface area contributed by atoms with Crippen molar-refractivity contribution in [2.24, 2.45) is 0 Å². The number of ether oxygens (including phenoxy) is 1. The molecule has 5 nitrogen and oxygen atoms in total. The van der Waals surface area contributed by atoms with Gasteiger partial charge >= 0.3 is 5.97 Å². The Kier molecular flexibility index (Phi) is 9.05. The zero-order valence-electron chi connectivity index (χ0n) is 13.3. The number of carboxylic acid groups (broad SMARTS) is 1. The van der Waals surface area contributed by atoms with Gasteiger partial charge in [-0.3, -0.25) is 4.79 Å². The lowest BCUT2D eigenvalue weighted by Crippen LogP contribution is -2.25. The van der Waals surface area contributed by atoms with Crippen molar-refractivity contribution < 1.29 is 19.4 Å². The van der Waals surface area contributed by atoms with Crippen molar-refractivity contribution in [1.82, 2.24) is 4.90 Å². The number of carboxylic acids is 1. The minimum atomic E-state index is -0.969. The first-order chi connectivity index (χ1) is 9.81. The number of carbonyl (C=O) groups excluding carboxylic acids is 1. The number of rotatable bonds is 9. The first-order valence-electron chi connectivity index (χ1n) is 6.83. The number of allylic oxidation sites excluding steroid dienone is 2. The molecule has 0 saturated heterocycles. The molecule has 0 heterocycles. The Morgan fingerprint density at radius 3 is 2.38 bits per heavy atom. The third-order valence-electron chi connectivity index (χ3n) is 3.04. The van der Waals surface area contributed by atoms with Gasteiger partial charge in [0.1, 0.15) is 0 Å². The van der Waals surface area contributed by atoms with Crippen molar-refractivity contribution in [2.45, 2.75) is 27.2 Å². The Hall–Kier alpha value is -1.88. The molecule has 118 valence electrons. The summed E-state index contributed by atoms with van der Waals surface area (Å²) in [7, 11) is 1.74. The van der Waals surface area contributed by atoms with Gasteiger partial charge in [-0.05, 0) is 31.4 Å². The van der Waals surface area contributed by atoms with Crippen molar-refractivity contribution >= 4 is 11.9 Å². The topological polar surface area (TPSA) is 66.8 Å². The number of amides is 1. The van der Waals surface area contributed by atoms with Crippen LogP contribution in [0.2, 0.25) is 0 Å². The molecule has 0 aromatic heterocycles. The van der Waals surface area contributed by atoms with Crippen LogP contribution in [0.3, 0.4) is 0 Å². The van der Waals surface area contributed by atoms with Gasteiger partial charge in [-0.2, -0.15) is 0 Å². The highest BCUT2D eigenvalue weighted by Gasteiger charge is 2.13. The molecule has 0 radical (unpaired) electrons. The third-order valence-corrected chi connectivity index (χ3v) is 3.04. The highest BCUT2D eigenvalue weighted by Crippen LogP contribution is 2.15. The fourth-order valence-corrected chi connectivity index (χ4v) is 1.81. The van der Waals surface area contributed by atoms with Crippen LogP contribution in [0.4, 0.5) is 0 Å². The summed E-state index contributed by atoms with van der Waals surface area (Å²) in [4.78, 5) is 23.9. The Morgan fingerprint density at radius 2 is 1.90 bits per heavy atom.